The summed E-state index contributed by atoms with van der Waals surface area (Å²) in [6, 6.07) is 11.9. The first kappa shape index (κ1) is 13.5. The molecular weight excluding hydrogens is 238 g/mol. The molecule has 100 valence electrons. The van der Waals surface area contributed by atoms with Gasteiger partial charge in [-0.25, -0.2) is 0 Å². The molecule has 0 aliphatic carbocycles. The molecule has 0 aliphatic rings. The van der Waals surface area contributed by atoms with Crippen molar-refractivity contribution in [3.8, 4) is 0 Å². The molecule has 0 saturated heterocycles. The van der Waals surface area contributed by atoms with E-state index in [1.807, 2.05) is 24.3 Å². The zero-order chi connectivity index (χ0) is 13.5. The number of nitrogens with one attached hydrogen (secondary N) is 1. The number of aromatic nitrogens is 1. The number of hydrogen-bond donors (Lipinski definition) is 3. The fourth-order valence-corrected chi connectivity index (χ4v) is 2.01. The van der Waals surface area contributed by atoms with Gasteiger partial charge in [0.15, 0.2) is 0 Å². The molecule has 0 fully saturated rings. The lowest BCUT2D eigenvalue weighted by molar-refractivity contribution is 0.273. The first-order chi connectivity index (χ1) is 9.33. The number of pyridine rings is 1. The lowest BCUT2D eigenvalue weighted by atomic mass is 10.1. The molecule has 19 heavy (non-hydrogen) atoms. The van der Waals surface area contributed by atoms with Crippen molar-refractivity contribution in [3.63, 3.8) is 0 Å². The average Bonchev–Trinajstić information content (AvgIpc) is 2.48. The predicted octanol–water partition coefficient (Wildman–Crippen LogP) is 1.56. The molecule has 0 saturated carbocycles. The SMILES string of the molecule is NCc1ccncc1NC(CO)Cc1ccccc1. The Balaban J connectivity index is 2.07. The van der Waals surface area contributed by atoms with Crippen molar-refractivity contribution in [2.45, 2.75) is 19.0 Å². The smallest absolute Gasteiger partial charge is 0.0636 e. The highest BCUT2D eigenvalue weighted by atomic mass is 16.3. The summed E-state index contributed by atoms with van der Waals surface area (Å²) in [4.78, 5) is 4.09. The maximum absolute atomic E-state index is 9.50. The van der Waals surface area contributed by atoms with Gasteiger partial charge in [0, 0.05) is 12.7 Å². The lowest BCUT2D eigenvalue weighted by Crippen LogP contribution is -2.27. The monoisotopic (exact) mass is 257 g/mol. The molecule has 4 heteroatoms. The van der Waals surface area contributed by atoms with E-state index >= 15 is 0 Å². The van der Waals surface area contributed by atoms with Crippen LogP contribution >= 0.6 is 0 Å². The van der Waals surface area contributed by atoms with Gasteiger partial charge in [0.2, 0.25) is 0 Å². The van der Waals surface area contributed by atoms with Gasteiger partial charge in [-0.1, -0.05) is 30.3 Å². The van der Waals surface area contributed by atoms with Crippen LogP contribution in [0.5, 0.6) is 0 Å². The highest BCUT2D eigenvalue weighted by Gasteiger charge is 2.10. The number of rotatable bonds is 6. The van der Waals surface area contributed by atoms with Crippen LogP contribution in [0.25, 0.3) is 0 Å². The second-order valence-corrected chi connectivity index (χ2v) is 4.45. The van der Waals surface area contributed by atoms with Gasteiger partial charge < -0.3 is 16.2 Å². The molecule has 0 amide bonds. The summed E-state index contributed by atoms with van der Waals surface area (Å²) >= 11 is 0. The van der Waals surface area contributed by atoms with Gasteiger partial charge in [-0.3, -0.25) is 4.98 Å². The Morgan fingerprint density at radius 3 is 2.68 bits per heavy atom. The Morgan fingerprint density at radius 2 is 2.00 bits per heavy atom. The van der Waals surface area contributed by atoms with Crippen molar-refractivity contribution in [1.29, 1.82) is 0 Å². The minimum Gasteiger partial charge on any atom is -0.394 e. The van der Waals surface area contributed by atoms with E-state index < -0.39 is 0 Å². The minimum absolute atomic E-state index is 0.0445. The van der Waals surface area contributed by atoms with Crippen molar-refractivity contribution in [3.05, 3.63) is 59.9 Å². The van der Waals surface area contributed by atoms with Gasteiger partial charge in [0.1, 0.15) is 0 Å². The summed E-state index contributed by atoms with van der Waals surface area (Å²) in [5.74, 6) is 0. The molecule has 1 aromatic carbocycles. The Labute approximate surface area is 113 Å². The van der Waals surface area contributed by atoms with Crippen molar-refractivity contribution in [1.82, 2.24) is 4.98 Å². The van der Waals surface area contributed by atoms with Gasteiger partial charge in [-0.15, -0.1) is 0 Å². The molecular formula is C15H19N3O. The van der Waals surface area contributed by atoms with Crippen LogP contribution in [0, 0.1) is 0 Å². The number of nitrogens with two attached hydrogens (primary N) is 1. The molecule has 4 nitrogen and oxygen atoms in total. The third-order valence-electron chi connectivity index (χ3n) is 3.04. The number of hydrogen-bond acceptors (Lipinski definition) is 4. The number of anilines is 1. The molecule has 2 aromatic rings. The first-order valence-electron chi connectivity index (χ1n) is 6.37. The van der Waals surface area contributed by atoms with Crippen LogP contribution in [0.1, 0.15) is 11.1 Å². The molecule has 4 N–H and O–H groups in total. The fraction of sp³-hybridized carbons (Fsp3) is 0.267. The molecule has 1 aromatic heterocycles. The summed E-state index contributed by atoms with van der Waals surface area (Å²) in [6.07, 6.45) is 4.23. The van der Waals surface area contributed by atoms with Crippen molar-refractivity contribution in [2.75, 3.05) is 11.9 Å². The van der Waals surface area contributed by atoms with E-state index in [2.05, 4.69) is 22.4 Å². The maximum atomic E-state index is 9.50. The molecule has 0 radical (unpaired) electrons. The van der Waals surface area contributed by atoms with Crippen LogP contribution in [0.3, 0.4) is 0 Å². The average molecular weight is 257 g/mol. The Bertz CT molecular complexity index is 502. The third kappa shape index (κ3) is 3.77. The van der Waals surface area contributed by atoms with Crippen molar-refractivity contribution in [2.24, 2.45) is 5.73 Å². The molecule has 0 aliphatic heterocycles. The van der Waals surface area contributed by atoms with Crippen LogP contribution in [-0.4, -0.2) is 22.7 Å². The number of aliphatic hydroxyl groups is 1. The van der Waals surface area contributed by atoms with Crippen molar-refractivity contribution < 1.29 is 5.11 Å². The van der Waals surface area contributed by atoms with Crippen LogP contribution in [0.2, 0.25) is 0 Å². The Hall–Kier alpha value is -1.91. The first-order valence-corrected chi connectivity index (χ1v) is 6.37. The van der Waals surface area contributed by atoms with Gasteiger partial charge in [0.05, 0.1) is 24.5 Å². The number of benzene rings is 1. The highest BCUT2D eigenvalue weighted by Crippen LogP contribution is 2.15. The normalized spacial score (nSPS) is 12.1. The molecule has 1 heterocycles. The van der Waals surface area contributed by atoms with E-state index in [1.165, 1.54) is 5.56 Å². The fourth-order valence-electron chi connectivity index (χ4n) is 2.01. The van der Waals surface area contributed by atoms with Gasteiger partial charge in [-0.2, -0.15) is 0 Å². The van der Waals surface area contributed by atoms with Crippen LogP contribution in [0.15, 0.2) is 48.8 Å². The van der Waals surface area contributed by atoms with Gasteiger partial charge in [0.25, 0.3) is 0 Å². The summed E-state index contributed by atoms with van der Waals surface area (Å²) in [6.45, 7) is 0.516. The molecule has 2 rings (SSSR count). The highest BCUT2D eigenvalue weighted by molar-refractivity contribution is 5.49. The van der Waals surface area contributed by atoms with Gasteiger partial charge >= 0.3 is 0 Å². The molecule has 0 spiro atoms. The van der Waals surface area contributed by atoms with Crippen LogP contribution < -0.4 is 11.1 Å². The van der Waals surface area contributed by atoms with E-state index in [4.69, 9.17) is 5.73 Å². The summed E-state index contributed by atoms with van der Waals surface area (Å²) in [7, 11) is 0. The Morgan fingerprint density at radius 1 is 1.21 bits per heavy atom. The number of nitrogens with zero attached hydrogens (tertiary/aromatic N) is 1. The standard InChI is InChI=1S/C15H19N3O/c16-9-13-6-7-17-10-15(13)18-14(11-19)8-12-4-2-1-3-5-12/h1-7,10,14,18-19H,8-9,11,16H2. The molecule has 1 atom stereocenters. The zero-order valence-electron chi connectivity index (χ0n) is 10.8. The summed E-state index contributed by atoms with van der Waals surface area (Å²) < 4.78 is 0. The second kappa shape index (κ2) is 6.87. The molecule has 0 bridgehead atoms. The summed E-state index contributed by atoms with van der Waals surface area (Å²) in [5.41, 5.74) is 8.77. The van der Waals surface area contributed by atoms with E-state index in [1.54, 1.807) is 12.4 Å². The second-order valence-electron chi connectivity index (χ2n) is 4.45. The van der Waals surface area contributed by atoms with Gasteiger partial charge in [-0.05, 0) is 23.6 Å². The van der Waals surface area contributed by atoms with E-state index in [0.717, 1.165) is 17.7 Å². The zero-order valence-corrected chi connectivity index (χ0v) is 10.8. The van der Waals surface area contributed by atoms with E-state index in [9.17, 15) is 5.11 Å². The van der Waals surface area contributed by atoms with Crippen molar-refractivity contribution >= 4 is 5.69 Å². The lowest BCUT2D eigenvalue weighted by Gasteiger charge is -2.19. The third-order valence-corrected chi connectivity index (χ3v) is 3.04. The maximum Gasteiger partial charge on any atom is 0.0636 e. The largest absolute Gasteiger partial charge is 0.394 e. The van der Waals surface area contributed by atoms with Crippen LogP contribution in [0.4, 0.5) is 5.69 Å². The number of aliphatic hydroxyl groups excluding tert-OH is 1. The predicted molar refractivity (Wildman–Crippen MR) is 76.8 cm³/mol. The summed E-state index contributed by atoms with van der Waals surface area (Å²) in [5, 5.41) is 12.8. The Kier molecular flexibility index (Phi) is 4.89. The van der Waals surface area contributed by atoms with Crippen LogP contribution in [-0.2, 0) is 13.0 Å². The minimum atomic E-state index is -0.0445. The van der Waals surface area contributed by atoms with E-state index in [-0.39, 0.29) is 12.6 Å². The van der Waals surface area contributed by atoms with E-state index in [0.29, 0.717) is 6.54 Å². The topological polar surface area (TPSA) is 71.2 Å². The quantitative estimate of drug-likeness (QED) is 0.734. The molecule has 1 unspecified atom stereocenters.